The van der Waals surface area contributed by atoms with Crippen molar-refractivity contribution in [3.63, 3.8) is 0 Å². The van der Waals surface area contributed by atoms with E-state index in [4.69, 9.17) is 14.2 Å². The molecule has 0 aromatic carbocycles. The second-order valence-corrected chi connectivity index (χ2v) is 3.43. The molecule has 1 heterocycles. The van der Waals surface area contributed by atoms with E-state index in [0.717, 1.165) is 0 Å². The lowest BCUT2D eigenvalue weighted by atomic mass is 10.1. The van der Waals surface area contributed by atoms with E-state index in [9.17, 15) is 4.79 Å². The predicted molar refractivity (Wildman–Crippen MR) is 50.7 cm³/mol. The molecule has 0 aromatic heterocycles. The lowest BCUT2D eigenvalue weighted by Gasteiger charge is -2.26. The van der Waals surface area contributed by atoms with Gasteiger partial charge >= 0.3 is 0 Å². The summed E-state index contributed by atoms with van der Waals surface area (Å²) >= 11 is 0. The van der Waals surface area contributed by atoms with Crippen LogP contribution < -0.4 is 0 Å². The van der Waals surface area contributed by atoms with Gasteiger partial charge in [-0.25, -0.2) is 0 Å². The summed E-state index contributed by atoms with van der Waals surface area (Å²) in [7, 11) is 1.47. The first-order chi connectivity index (χ1) is 6.54. The maximum absolute atomic E-state index is 11.4. The molecular formula is C10H16O4. The van der Waals surface area contributed by atoms with Crippen molar-refractivity contribution < 1.29 is 19.0 Å². The smallest absolute Gasteiger partial charge is 0.225 e. The number of hydrogen-bond donors (Lipinski definition) is 0. The highest BCUT2D eigenvalue weighted by molar-refractivity contribution is 5.97. The molecule has 0 aromatic rings. The van der Waals surface area contributed by atoms with Gasteiger partial charge in [-0.15, -0.1) is 0 Å². The molecule has 1 aliphatic heterocycles. The van der Waals surface area contributed by atoms with E-state index in [-0.39, 0.29) is 11.9 Å². The summed E-state index contributed by atoms with van der Waals surface area (Å²) in [6.45, 7) is 5.50. The molecule has 80 valence electrons. The second kappa shape index (κ2) is 4.57. The number of hydrogen-bond acceptors (Lipinski definition) is 4. The number of rotatable bonds is 3. The Bertz CT molecular complexity index is 245. The molecule has 1 unspecified atom stereocenters. The van der Waals surface area contributed by atoms with Crippen LogP contribution in [0.5, 0.6) is 0 Å². The Balaban J connectivity index is 2.72. The van der Waals surface area contributed by atoms with Crippen LogP contribution in [0.15, 0.2) is 11.8 Å². The molecule has 4 heteroatoms. The number of carbonyl (C=O) groups excluding carboxylic acids is 1. The van der Waals surface area contributed by atoms with Crippen LogP contribution in [-0.2, 0) is 19.0 Å². The fourth-order valence-electron chi connectivity index (χ4n) is 1.22. The van der Waals surface area contributed by atoms with Crippen LogP contribution in [0.25, 0.3) is 0 Å². The SMILES string of the molecule is COC1=CC(OC(C)C)O[C@@H](C)C1=O. The zero-order chi connectivity index (χ0) is 10.7. The number of methoxy groups -OCH3 is 1. The van der Waals surface area contributed by atoms with Crippen molar-refractivity contribution in [1.29, 1.82) is 0 Å². The van der Waals surface area contributed by atoms with Crippen LogP contribution in [0.3, 0.4) is 0 Å². The van der Waals surface area contributed by atoms with Crippen LogP contribution in [0.4, 0.5) is 0 Å². The van der Waals surface area contributed by atoms with Crippen molar-refractivity contribution >= 4 is 5.78 Å². The molecule has 1 rings (SSSR count). The average Bonchev–Trinajstić information content (AvgIpc) is 2.10. The summed E-state index contributed by atoms with van der Waals surface area (Å²) in [4.78, 5) is 11.4. The number of Topliss-reactive ketones (excluding diaryl/α,β-unsaturated/α-hetero) is 1. The van der Waals surface area contributed by atoms with Gasteiger partial charge in [0.1, 0.15) is 6.10 Å². The molecule has 4 nitrogen and oxygen atoms in total. The third-order valence-corrected chi connectivity index (χ3v) is 1.86. The highest BCUT2D eigenvalue weighted by Crippen LogP contribution is 2.17. The van der Waals surface area contributed by atoms with E-state index in [2.05, 4.69) is 0 Å². The Labute approximate surface area is 83.8 Å². The summed E-state index contributed by atoms with van der Waals surface area (Å²) in [6, 6.07) is 0. The minimum Gasteiger partial charge on any atom is -0.493 e. The highest BCUT2D eigenvalue weighted by Gasteiger charge is 2.29. The molecule has 0 bridgehead atoms. The number of ketones is 1. The Morgan fingerprint density at radius 1 is 1.50 bits per heavy atom. The Kier molecular flexibility index (Phi) is 3.66. The molecule has 0 N–H and O–H groups in total. The van der Waals surface area contributed by atoms with Gasteiger partial charge < -0.3 is 14.2 Å². The van der Waals surface area contributed by atoms with Crippen LogP contribution in [0.1, 0.15) is 20.8 Å². The van der Waals surface area contributed by atoms with Gasteiger partial charge in [0.2, 0.25) is 5.78 Å². The minimum absolute atomic E-state index is 0.0507. The molecule has 0 aliphatic carbocycles. The first kappa shape index (κ1) is 11.2. The van der Waals surface area contributed by atoms with Crippen LogP contribution >= 0.6 is 0 Å². The predicted octanol–water partition coefficient (Wildman–Crippen LogP) is 1.26. The zero-order valence-electron chi connectivity index (χ0n) is 8.94. The van der Waals surface area contributed by atoms with Gasteiger partial charge in [0, 0.05) is 6.08 Å². The molecule has 0 amide bonds. The monoisotopic (exact) mass is 200 g/mol. The van der Waals surface area contributed by atoms with Gasteiger partial charge in [-0.3, -0.25) is 4.79 Å². The molecular weight excluding hydrogens is 184 g/mol. The molecule has 0 radical (unpaired) electrons. The minimum atomic E-state index is -0.501. The number of carbonyl (C=O) groups is 1. The van der Waals surface area contributed by atoms with E-state index in [1.165, 1.54) is 7.11 Å². The van der Waals surface area contributed by atoms with Gasteiger partial charge in [0.05, 0.1) is 13.2 Å². The third kappa shape index (κ3) is 2.56. The van der Waals surface area contributed by atoms with Crippen molar-refractivity contribution in [2.24, 2.45) is 0 Å². The summed E-state index contributed by atoms with van der Waals surface area (Å²) in [6.07, 6.45) is 0.619. The summed E-state index contributed by atoms with van der Waals surface area (Å²) in [5.41, 5.74) is 0. The van der Waals surface area contributed by atoms with E-state index in [1.807, 2.05) is 13.8 Å². The lowest BCUT2D eigenvalue weighted by Crippen LogP contribution is -2.35. The molecule has 0 spiro atoms. The van der Waals surface area contributed by atoms with E-state index in [1.54, 1.807) is 13.0 Å². The standard InChI is InChI=1S/C10H16O4/c1-6(2)13-9-5-8(12-4)10(11)7(3)14-9/h5-7,9H,1-4H3/t7-,9?/m0/s1. The largest absolute Gasteiger partial charge is 0.493 e. The van der Waals surface area contributed by atoms with Crippen LogP contribution in [0, 0.1) is 0 Å². The average molecular weight is 200 g/mol. The molecule has 14 heavy (non-hydrogen) atoms. The van der Waals surface area contributed by atoms with Gasteiger partial charge in [-0.2, -0.15) is 0 Å². The Morgan fingerprint density at radius 3 is 2.64 bits per heavy atom. The normalized spacial score (nSPS) is 27.8. The topological polar surface area (TPSA) is 44.8 Å². The fourth-order valence-corrected chi connectivity index (χ4v) is 1.22. The summed E-state index contributed by atoms with van der Waals surface area (Å²) in [5, 5.41) is 0. The second-order valence-electron chi connectivity index (χ2n) is 3.43. The molecule has 2 atom stereocenters. The maximum atomic E-state index is 11.4. The van der Waals surface area contributed by atoms with Crippen LogP contribution in [-0.4, -0.2) is 31.4 Å². The van der Waals surface area contributed by atoms with Crippen molar-refractivity contribution in [2.75, 3.05) is 7.11 Å². The lowest BCUT2D eigenvalue weighted by molar-refractivity contribution is -0.175. The van der Waals surface area contributed by atoms with Crippen molar-refractivity contribution in [3.05, 3.63) is 11.8 Å². The Morgan fingerprint density at radius 2 is 2.14 bits per heavy atom. The molecule has 0 saturated heterocycles. The van der Waals surface area contributed by atoms with E-state index < -0.39 is 12.4 Å². The zero-order valence-corrected chi connectivity index (χ0v) is 8.94. The van der Waals surface area contributed by atoms with Crippen molar-refractivity contribution in [1.82, 2.24) is 0 Å². The molecule has 0 fully saturated rings. The van der Waals surface area contributed by atoms with Crippen molar-refractivity contribution in [2.45, 2.75) is 39.3 Å². The van der Waals surface area contributed by atoms with E-state index >= 15 is 0 Å². The third-order valence-electron chi connectivity index (χ3n) is 1.86. The van der Waals surface area contributed by atoms with Gasteiger partial charge in [-0.1, -0.05) is 0 Å². The van der Waals surface area contributed by atoms with Gasteiger partial charge in [-0.05, 0) is 20.8 Å². The molecule has 1 aliphatic rings. The quantitative estimate of drug-likeness (QED) is 0.688. The first-order valence-electron chi connectivity index (χ1n) is 4.65. The fraction of sp³-hybridized carbons (Fsp3) is 0.700. The molecule has 0 saturated carbocycles. The van der Waals surface area contributed by atoms with E-state index in [0.29, 0.717) is 5.76 Å². The number of ether oxygens (including phenoxy) is 3. The Hall–Kier alpha value is -0.870. The summed E-state index contributed by atoms with van der Waals surface area (Å²) in [5.74, 6) is 0.172. The van der Waals surface area contributed by atoms with Gasteiger partial charge in [0.25, 0.3) is 0 Å². The maximum Gasteiger partial charge on any atom is 0.225 e. The van der Waals surface area contributed by atoms with Crippen molar-refractivity contribution in [3.8, 4) is 0 Å². The highest BCUT2D eigenvalue weighted by atomic mass is 16.7. The first-order valence-corrected chi connectivity index (χ1v) is 4.65. The van der Waals surface area contributed by atoms with Gasteiger partial charge in [0.15, 0.2) is 12.0 Å². The van der Waals surface area contributed by atoms with Crippen LogP contribution in [0.2, 0.25) is 0 Å². The summed E-state index contributed by atoms with van der Waals surface area (Å²) < 4.78 is 15.7.